The molecule has 0 saturated heterocycles. The highest BCUT2D eigenvalue weighted by Crippen LogP contribution is 2.14. The summed E-state index contributed by atoms with van der Waals surface area (Å²) < 4.78 is 41.1. The summed E-state index contributed by atoms with van der Waals surface area (Å²) >= 11 is 0. The monoisotopic (exact) mass is 412 g/mol. The Morgan fingerprint density at radius 2 is 1.55 bits per heavy atom. The molecule has 2 N–H and O–H groups in total. The van der Waals surface area contributed by atoms with Crippen LogP contribution < -0.4 is 10.0 Å². The first-order chi connectivity index (χ1) is 13.8. The lowest BCUT2D eigenvalue weighted by molar-refractivity contribution is -0.117. The highest BCUT2D eigenvalue weighted by atomic mass is 32.2. The van der Waals surface area contributed by atoms with Crippen LogP contribution in [-0.4, -0.2) is 20.4 Å². The van der Waals surface area contributed by atoms with Crippen LogP contribution >= 0.6 is 0 Å². The third kappa shape index (κ3) is 5.73. The van der Waals surface area contributed by atoms with Crippen LogP contribution in [0.3, 0.4) is 0 Å². The molecule has 1 amide bonds. The van der Waals surface area contributed by atoms with E-state index in [1.165, 1.54) is 0 Å². The second-order valence-electron chi connectivity index (χ2n) is 6.67. The van der Waals surface area contributed by atoms with Gasteiger partial charge in [0.15, 0.2) is 0 Å². The number of amides is 1. The predicted molar refractivity (Wildman–Crippen MR) is 110 cm³/mol. The molecular formula is C22H21FN2O3S. The second-order valence-corrected chi connectivity index (χ2v) is 8.39. The van der Waals surface area contributed by atoms with Gasteiger partial charge in [-0.05, 0) is 55.3 Å². The lowest BCUT2D eigenvalue weighted by atomic mass is 10.1. The zero-order valence-electron chi connectivity index (χ0n) is 15.8. The van der Waals surface area contributed by atoms with Gasteiger partial charge in [-0.2, -0.15) is 4.72 Å². The van der Waals surface area contributed by atoms with E-state index in [1.807, 2.05) is 49.4 Å². The van der Waals surface area contributed by atoms with Crippen LogP contribution in [0.4, 0.5) is 10.1 Å². The van der Waals surface area contributed by atoms with E-state index < -0.39 is 27.8 Å². The lowest BCUT2D eigenvalue weighted by Gasteiger charge is -2.19. The molecule has 0 heterocycles. The molecular weight excluding hydrogens is 391 g/mol. The van der Waals surface area contributed by atoms with Gasteiger partial charge in [0, 0.05) is 5.69 Å². The van der Waals surface area contributed by atoms with Crippen molar-refractivity contribution in [3.8, 4) is 0 Å². The number of sulfonamides is 1. The summed E-state index contributed by atoms with van der Waals surface area (Å²) in [6.45, 7) is 1.93. The quantitative estimate of drug-likeness (QED) is 0.622. The van der Waals surface area contributed by atoms with Crippen LogP contribution in [0.2, 0.25) is 0 Å². The molecule has 7 heteroatoms. The third-order valence-electron chi connectivity index (χ3n) is 4.34. The average molecular weight is 412 g/mol. The van der Waals surface area contributed by atoms with Crippen molar-refractivity contribution in [1.82, 2.24) is 4.72 Å². The SMILES string of the molecule is Cc1ccc(NC(=O)[C@H](Cc2ccccc2)NS(=O)(=O)c2ccc(F)cc2)cc1. The van der Waals surface area contributed by atoms with Crippen LogP contribution in [0.5, 0.6) is 0 Å². The number of hydrogen-bond donors (Lipinski definition) is 2. The molecule has 5 nitrogen and oxygen atoms in total. The van der Waals surface area contributed by atoms with E-state index in [9.17, 15) is 17.6 Å². The molecule has 0 radical (unpaired) electrons. The topological polar surface area (TPSA) is 75.3 Å². The minimum absolute atomic E-state index is 0.111. The summed E-state index contributed by atoms with van der Waals surface area (Å²) in [5, 5.41) is 2.75. The van der Waals surface area contributed by atoms with Gasteiger partial charge >= 0.3 is 0 Å². The minimum atomic E-state index is -4.02. The van der Waals surface area contributed by atoms with Crippen molar-refractivity contribution >= 4 is 21.6 Å². The van der Waals surface area contributed by atoms with Gasteiger partial charge in [-0.25, -0.2) is 12.8 Å². The first kappa shape index (κ1) is 20.7. The predicted octanol–water partition coefficient (Wildman–Crippen LogP) is 3.66. The average Bonchev–Trinajstić information content (AvgIpc) is 2.70. The number of benzene rings is 3. The van der Waals surface area contributed by atoms with E-state index >= 15 is 0 Å². The molecule has 3 aromatic rings. The molecule has 0 saturated carbocycles. The molecule has 3 aromatic carbocycles. The van der Waals surface area contributed by atoms with Crippen molar-refractivity contribution < 1.29 is 17.6 Å². The van der Waals surface area contributed by atoms with E-state index in [2.05, 4.69) is 10.0 Å². The molecule has 0 fully saturated rings. The van der Waals surface area contributed by atoms with Crippen molar-refractivity contribution in [1.29, 1.82) is 0 Å². The van der Waals surface area contributed by atoms with Gasteiger partial charge in [0.1, 0.15) is 11.9 Å². The van der Waals surface area contributed by atoms with Gasteiger partial charge in [-0.15, -0.1) is 0 Å². The van der Waals surface area contributed by atoms with Crippen molar-refractivity contribution in [3.05, 3.63) is 95.8 Å². The minimum Gasteiger partial charge on any atom is -0.325 e. The molecule has 0 aliphatic carbocycles. The Balaban J connectivity index is 1.84. The molecule has 3 rings (SSSR count). The largest absolute Gasteiger partial charge is 0.325 e. The maximum Gasteiger partial charge on any atom is 0.242 e. The van der Waals surface area contributed by atoms with Crippen LogP contribution in [0, 0.1) is 12.7 Å². The molecule has 29 heavy (non-hydrogen) atoms. The van der Waals surface area contributed by atoms with Gasteiger partial charge in [-0.3, -0.25) is 4.79 Å². The Kier molecular flexibility index (Phi) is 6.41. The van der Waals surface area contributed by atoms with Crippen LogP contribution in [0.1, 0.15) is 11.1 Å². The third-order valence-corrected chi connectivity index (χ3v) is 5.83. The summed E-state index contributed by atoms with van der Waals surface area (Å²) in [5.41, 5.74) is 2.42. The van der Waals surface area contributed by atoms with E-state index in [0.29, 0.717) is 5.69 Å². The number of nitrogens with one attached hydrogen (secondary N) is 2. The normalized spacial score (nSPS) is 12.3. The maximum atomic E-state index is 13.1. The van der Waals surface area contributed by atoms with Crippen molar-refractivity contribution in [2.45, 2.75) is 24.3 Å². The van der Waals surface area contributed by atoms with E-state index in [0.717, 1.165) is 35.4 Å². The molecule has 150 valence electrons. The van der Waals surface area contributed by atoms with E-state index in [-0.39, 0.29) is 11.3 Å². The number of carbonyl (C=O) groups is 1. The van der Waals surface area contributed by atoms with Crippen LogP contribution in [0.25, 0.3) is 0 Å². The fourth-order valence-corrected chi connectivity index (χ4v) is 3.97. The first-order valence-electron chi connectivity index (χ1n) is 9.03. The lowest BCUT2D eigenvalue weighted by Crippen LogP contribution is -2.45. The fourth-order valence-electron chi connectivity index (χ4n) is 2.77. The van der Waals surface area contributed by atoms with E-state index in [1.54, 1.807) is 12.1 Å². The summed E-state index contributed by atoms with van der Waals surface area (Å²) in [4.78, 5) is 12.8. The summed E-state index contributed by atoms with van der Waals surface area (Å²) in [6.07, 6.45) is 0.166. The molecule has 0 bridgehead atoms. The fraction of sp³-hybridized carbons (Fsp3) is 0.136. The molecule has 0 aliphatic heterocycles. The Morgan fingerprint density at radius 3 is 2.17 bits per heavy atom. The van der Waals surface area contributed by atoms with Gasteiger partial charge in [-0.1, -0.05) is 48.0 Å². The van der Waals surface area contributed by atoms with Crippen molar-refractivity contribution in [3.63, 3.8) is 0 Å². The molecule has 0 spiro atoms. The Bertz CT molecular complexity index is 1070. The van der Waals surface area contributed by atoms with Gasteiger partial charge < -0.3 is 5.32 Å². The summed E-state index contributed by atoms with van der Waals surface area (Å²) in [6, 6.07) is 19.7. The Labute approximate surface area is 169 Å². The standard InChI is InChI=1S/C22H21FN2O3S/c1-16-7-11-19(12-8-16)24-22(26)21(15-17-5-3-2-4-6-17)25-29(27,28)20-13-9-18(23)10-14-20/h2-14,21,25H,15H2,1H3,(H,24,26)/t21-/m0/s1. The molecule has 1 atom stereocenters. The molecule has 0 aromatic heterocycles. The number of anilines is 1. The molecule has 0 aliphatic rings. The number of hydrogen-bond acceptors (Lipinski definition) is 3. The smallest absolute Gasteiger partial charge is 0.242 e. The highest BCUT2D eigenvalue weighted by Gasteiger charge is 2.26. The molecule has 0 unspecified atom stereocenters. The maximum absolute atomic E-state index is 13.1. The number of rotatable bonds is 7. The summed E-state index contributed by atoms with van der Waals surface area (Å²) in [5.74, 6) is -1.02. The zero-order chi connectivity index (χ0) is 20.9. The first-order valence-corrected chi connectivity index (χ1v) is 10.5. The second kappa shape index (κ2) is 8.98. The Hall–Kier alpha value is -3.03. The van der Waals surface area contributed by atoms with Gasteiger partial charge in [0.2, 0.25) is 15.9 Å². The van der Waals surface area contributed by atoms with Crippen molar-refractivity contribution in [2.75, 3.05) is 5.32 Å². The van der Waals surface area contributed by atoms with Gasteiger partial charge in [0.25, 0.3) is 0 Å². The van der Waals surface area contributed by atoms with Crippen molar-refractivity contribution in [2.24, 2.45) is 0 Å². The van der Waals surface area contributed by atoms with E-state index in [4.69, 9.17) is 0 Å². The van der Waals surface area contributed by atoms with Gasteiger partial charge in [0.05, 0.1) is 4.90 Å². The van der Waals surface area contributed by atoms with Crippen LogP contribution in [-0.2, 0) is 21.2 Å². The van der Waals surface area contributed by atoms with Crippen LogP contribution in [0.15, 0.2) is 83.8 Å². The Morgan fingerprint density at radius 1 is 0.931 bits per heavy atom. The number of halogens is 1. The number of carbonyl (C=O) groups excluding carboxylic acids is 1. The summed E-state index contributed by atoms with van der Waals surface area (Å²) in [7, 11) is -4.02. The zero-order valence-corrected chi connectivity index (χ0v) is 16.6. The number of aryl methyl sites for hydroxylation is 1. The highest BCUT2D eigenvalue weighted by molar-refractivity contribution is 7.89.